The molecule has 1 fully saturated rings. The second kappa shape index (κ2) is 9.99. The maximum atomic E-state index is 12.8. The van der Waals surface area contributed by atoms with E-state index in [2.05, 4.69) is 5.43 Å². The fourth-order valence-corrected chi connectivity index (χ4v) is 4.32. The molecule has 0 spiro atoms. The molecule has 0 radical (unpaired) electrons. The number of nitrogens with zero attached hydrogens (tertiary/aromatic N) is 1. The van der Waals surface area contributed by atoms with Gasteiger partial charge in [0.25, 0.3) is 11.8 Å². The first-order valence-corrected chi connectivity index (χ1v) is 11.2. The first kappa shape index (κ1) is 22.1. The summed E-state index contributed by atoms with van der Waals surface area (Å²) in [5, 5.41) is 1.36. The molecule has 0 unspecified atom stereocenters. The van der Waals surface area contributed by atoms with Crippen LogP contribution in [0, 0.1) is 0 Å². The third-order valence-electron chi connectivity index (χ3n) is 4.55. The predicted molar refractivity (Wildman–Crippen MR) is 131 cm³/mol. The minimum atomic E-state index is -0.506. The average molecular weight is 481 g/mol. The van der Waals surface area contributed by atoms with Crippen LogP contribution < -0.4 is 10.2 Å². The summed E-state index contributed by atoms with van der Waals surface area (Å²) in [6.45, 7) is 0.476. The molecular formula is C24H17ClN2O3S2. The molecule has 5 nitrogen and oxygen atoms in total. The third kappa shape index (κ3) is 5.19. The highest BCUT2D eigenvalue weighted by molar-refractivity contribution is 8.26. The topological polar surface area (TPSA) is 58.6 Å². The van der Waals surface area contributed by atoms with Crippen molar-refractivity contribution in [2.24, 2.45) is 0 Å². The number of hydrogen-bond donors (Lipinski definition) is 1. The van der Waals surface area contributed by atoms with Crippen LogP contribution >= 0.6 is 35.6 Å². The van der Waals surface area contributed by atoms with Crippen molar-refractivity contribution in [1.82, 2.24) is 10.4 Å². The van der Waals surface area contributed by atoms with Crippen molar-refractivity contribution >= 4 is 57.8 Å². The van der Waals surface area contributed by atoms with E-state index < -0.39 is 11.8 Å². The van der Waals surface area contributed by atoms with Crippen LogP contribution in [-0.2, 0) is 11.4 Å². The van der Waals surface area contributed by atoms with Crippen molar-refractivity contribution in [1.29, 1.82) is 0 Å². The number of halogens is 1. The zero-order chi connectivity index (χ0) is 22.5. The van der Waals surface area contributed by atoms with Crippen molar-refractivity contribution in [3.63, 3.8) is 0 Å². The fourth-order valence-electron chi connectivity index (χ4n) is 2.92. The van der Waals surface area contributed by atoms with E-state index in [-0.39, 0.29) is 9.88 Å². The van der Waals surface area contributed by atoms with Gasteiger partial charge < -0.3 is 4.74 Å². The summed E-state index contributed by atoms with van der Waals surface area (Å²) in [7, 11) is 0. The SMILES string of the molecule is O=C(NN1C(=O)/C(=C/c2ccc(OCc3ccccc3)cc2)SC1=S)c1ccccc1Cl. The van der Waals surface area contributed by atoms with Crippen LogP contribution in [0.15, 0.2) is 83.8 Å². The summed E-state index contributed by atoms with van der Waals surface area (Å²) in [5.41, 5.74) is 4.69. The minimum Gasteiger partial charge on any atom is -0.489 e. The lowest BCUT2D eigenvalue weighted by Crippen LogP contribution is -2.44. The standard InChI is InChI=1S/C24H17ClN2O3S2/c25-20-9-5-4-8-19(20)22(28)26-27-23(29)21(32-24(27)31)14-16-10-12-18(13-11-16)30-15-17-6-2-1-3-7-17/h1-14H,15H2,(H,26,28)/b21-14-. The smallest absolute Gasteiger partial charge is 0.285 e. The Labute approximate surface area is 200 Å². The van der Waals surface area contributed by atoms with E-state index in [1.165, 1.54) is 0 Å². The van der Waals surface area contributed by atoms with Crippen molar-refractivity contribution in [3.8, 4) is 5.75 Å². The number of rotatable bonds is 6. The summed E-state index contributed by atoms with van der Waals surface area (Å²) >= 11 is 12.5. The molecule has 3 aromatic rings. The molecule has 1 aliphatic rings. The molecule has 0 atom stereocenters. The average Bonchev–Trinajstić information content (AvgIpc) is 3.07. The third-order valence-corrected chi connectivity index (χ3v) is 6.18. The van der Waals surface area contributed by atoms with Crippen LogP contribution in [0.4, 0.5) is 0 Å². The molecule has 3 aromatic carbocycles. The van der Waals surface area contributed by atoms with E-state index in [4.69, 9.17) is 28.6 Å². The fraction of sp³-hybridized carbons (Fsp3) is 0.0417. The number of ether oxygens (including phenoxy) is 1. The number of amides is 2. The Bertz CT molecular complexity index is 1200. The number of nitrogens with one attached hydrogen (secondary N) is 1. The van der Waals surface area contributed by atoms with Crippen LogP contribution in [0.5, 0.6) is 5.75 Å². The molecule has 1 aliphatic heterocycles. The molecule has 2 amide bonds. The second-order valence-electron chi connectivity index (χ2n) is 6.78. The molecule has 0 saturated carbocycles. The van der Waals surface area contributed by atoms with Gasteiger partial charge >= 0.3 is 0 Å². The summed E-state index contributed by atoms with van der Waals surface area (Å²) in [6.07, 6.45) is 1.72. The van der Waals surface area contributed by atoms with Gasteiger partial charge in [-0.2, -0.15) is 5.01 Å². The number of hydrazine groups is 1. The summed E-state index contributed by atoms with van der Waals surface area (Å²) in [6, 6.07) is 23.9. The van der Waals surface area contributed by atoms with Gasteiger partial charge in [0.2, 0.25) is 0 Å². The molecular weight excluding hydrogens is 464 g/mol. The lowest BCUT2D eigenvalue weighted by molar-refractivity contribution is -0.123. The lowest BCUT2D eigenvalue weighted by atomic mass is 10.2. The van der Waals surface area contributed by atoms with Crippen molar-refractivity contribution < 1.29 is 14.3 Å². The van der Waals surface area contributed by atoms with E-state index >= 15 is 0 Å². The van der Waals surface area contributed by atoms with Crippen LogP contribution in [-0.4, -0.2) is 21.1 Å². The van der Waals surface area contributed by atoms with Crippen LogP contribution in [0.25, 0.3) is 6.08 Å². The number of benzene rings is 3. The quantitative estimate of drug-likeness (QED) is 0.374. The largest absolute Gasteiger partial charge is 0.489 e. The number of hydrogen-bond acceptors (Lipinski definition) is 5. The molecule has 1 N–H and O–H groups in total. The van der Waals surface area contributed by atoms with Gasteiger partial charge in [0.1, 0.15) is 12.4 Å². The normalized spacial score (nSPS) is 14.7. The predicted octanol–water partition coefficient (Wildman–Crippen LogP) is 5.47. The summed E-state index contributed by atoms with van der Waals surface area (Å²) in [4.78, 5) is 25.7. The highest BCUT2D eigenvalue weighted by Gasteiger charge is 2.34. The van der Waals surface area contributed by atoms with E-state index in [0.717, 1.165) is 33.6 Å². The Morgan fingerprint density at radius 3 is 2.44 bits per heavy atom. The van der Waals surface area contributed by atoms with Gasteiger partial charge in [-0.25, -0.2) is 0 Å². The Kier molecular flexibility index (Phi) is 6.90. The maximum absolute atomic E-state index is 12.8. The molecule has 0 aromatic heterocycles. The van der Waals surface area contributed by atoms with Gasteiger partial charge in [-0.15, -0.1) is 0 Å². The molecule has 0 bridgehead atoms. The highest BCUT2D eigenvalue weighted by atomic mass is 35.5. The van der Waals surface area contributed by atoms with Crippen molar-refractivity contribution in [3.05, 3.63) is 105 Å². The zero-order valence-electron chi connectivity index (χ0n) is 16.7. The van der Waals surface area contributed by atoms with E-state index in [1.807, 2.05) is 54.6 Å². The molecule has 160 valence electrons. The summed E-state index contributed by atoms with van der Waals surface area (Å²) < 4.78 is 6.03. The molecule has 32 heavy (non-hydrogen) atoms. The van der Waals surface area contributed by atoms with Gasteiger partial charge in [0, 0.05) is 0 Å². The van der Waals surface area contributed by atoms with Gasteiger partial charge in [-0.1, -0.05) is 78.0 Å². The first-order valence-electron chi connectivity index (χ1n) is 9.61. The minimum absolute atomic E-state index is 0.240. The Balaban J connectivity index is 1.41. The molecule has 1 saturated heterocycles. The van der Waals surface area contributed by atoms with E-state index in [1.54, 1.807) is 30.3 Å². The molecule has 0 aliphatic carbocycles. The van der Waals surface area contributed by atoms with Gasteiger partial charge in [0.15, 0.2) is 4.32 Å². The Hall–Kier alpha value is -3.13. The first-order chi connectivity index (χ1) is 15.5. The van der Waals surface area contributed by atoms with Gasteiger partial charge in [-0.05, 0) is 53.7 Å². The van der Waals surface area contributed by atoms with Crippen LogP contribution in [0.3, 0.4) is 0 Å². The number of carbonyl (C=O) groups excluding carboxylic acids is 2. The van der Waals surface area contributed by atoms with Gasteiger partial charge in [-0.3, -0.25) is 15.0 Å². The van der Waals surface area contributed by atoms with Gasteiger partial charge in [0.05, 0.1) is 15.5 Å². The molecule has 1 heterocycles. The Morgan fingerprint density at radius 2 is 1.72 bits per heavy atom. The lowest BCUT2D eigenvalue weighted by Gasteiger charge is -2.16. The zero-order valence-corrected chi connectivity index (χ0v) is 19.0. The Morgan fingerprint density at radius 1 is 1.03 bits per heavy atom. The van der Waals surface area contributed by atoms with Crippen molar-refractivity contribution in [2.75, 3.05) is 0 Å². The maximum Gasteiger partial charge on any atom is 0.285 e. The van der Waals surface area contributed by atoms with E-state index in [0.29, 0.717) is 16.5 Å². The summed E-state index contributed by atoms with van der Waals surface area (Å²) in [5.74, 6) is -0.177. The second-order valence-corrected chi connectivity index (χ2v) is 8.86. The highest BCUT2D eigenvalue weighted by Crippen LogP contribution is 2.32. The monoisotopic (exact) mass is 480 g/mol. The number of thiocarbonyl (C=S) groups is 1. The molecule has 8 heteroatoms. The van der Waals surface area contributed by atoms with Crippen molar-refractivity contribution in [2.45, 2.75) is 6.61 Å². The number of thioether (sulfide) groups is 1. The van der Waals surface area contributed by atoms with Crippen LogP contribution in [0.2, 0.25) is 5.02 Å². The van der Waals surface area contributed by atoms with Crippen LogP contribution in [0.1, 0.15) is 21.5 Å². The number of carbonyl (C=O) groups is 2. The van der Waals surface area contributed by atoms with E-state index in [9.17, 15) is 9.59 Å². The molecule has 4 rings (SSSR count).